The lowest BCUT2D eigenvalue weighted by atomic mass is 10.0. The van der Waals surface area contributed by atoms with Crippen molar-refractivity contribution < 1.29 is 0 Å². The Bertz CT molecular complexity index is 2550. The van der Waals surface area contributed by atoms with Crippen LogP contribution in [0.25, 0.3) is 77.2 Å². The molecule has 0 saturated carbocycles. The zero-order valence-electron chi connectivity index (χ0n) is 24.4. The minimum Gasteiger partial charge on any atom is -0.309 e. The maximum atomic E-state index is 3.81. The van der Waals surface area contributed by atoms with Crippen molar-refractivity contribution >= 4 is 59.5 Å². The van der Waals surface area contributed by atoms with Crippen LogP contribution in [0.1, 0.15) is 0 Å². The van der Waals surface area contributed by atoms with Gasteiger partial charge in [0.05, 0.1) is 27.8 Å². The number of rotatable bonds is 4. The van der Waals surface area contributed by atoms with Gasteiger partial charge >= 0.3 is 0 Å². The molecule has 0 bridgehead atoms. The molecule has 0 aliphatic rings. The number of aromatic nitrogens is 2. The molecule has 0 saturated heterocycles. The normalized spacial score (nSPS) is 11.7. The first-order chi connectivity index (χ1) is 22.3. The highest BCUT2D eigenvalue weighted by atomic mass is 79.9. The second-order valence-corrected chi connectivity index (χ2v) is 12.4. The van der Waals surface area contributed by atoms with E-state index in [-0.39, 0.29) is 0 Å². The average molecular weight is 640 g/mol. The Kier molecular flexibility index (Phi) is 6.00. The number of hydrogen-bond donors (Lipinski definition) is 0. The van der Waals surface area contributed by atoms with Crippen molar-refractivity contribution in [3.63, 3.8) is 0 Å². The number of halogens is 1. The van der Waals surface area contributed by atoms with Crippen molar-refractivity contribution in [1.82, 2.24) is 9.13 Å². The van der Waals surface area contributed by atoms with Crippen LogP contribution in [0.2, 0.25) is 0 Å². The predicted molar refractivity (Wildman–Crippen MR) is 194 cm³/mol. The van der Waals surface area contributed by atoms with E-state index in [2.05, 4.69) is 189 Å². The molecule has 0 aliphatic heterocycles. The Balaban J connectivity index is 1.29. The summed E-state index contributed by atoms with van der Waals surface area (Å²) in [4.78, 5) is 0. The lowest BCUT2D eigenvalue weighted by molar-refractivity contribution is 1.18. The molecule has 0 unspecified atom stereocenters. The molecule has 212 valence electrons. The van der Waals surface area contributed by atoms with Gasteiger partial charge in [0.2, 0.25) is 0 Å². The summed E-state index contributed by atoms with van der Waals surface area (Å²) >= 11 is 3.81. The monoisotopic (exact) mass is 638 g/mol. The summed E-state index contributed by atoms with van der Waals surface area (Å²) in [7, 11) is 0. The van der Waals surface area contributed by atoms with Gasteiger partial charge in [-0.25, -0.2) is 0 Å². The minimum atomic E-state index is 1.09. The third-order valence-electron chi connectivity index (χ3n) is 9.00. The van der Waals surface area contributed by atoms with Crippen LogP contribution in [0.4, 0.5) is 0 Å². The summed E-state index contributed by atoms with van der Waals surface area (Å²) in [5, 5.41) is 5.02. The van der Waals surface area contributed by atoms with Gasteiger partial charge in [-0.1, -0.05) is 125 Å². The first kappa shape index (κ1) is 26.1. The number of nitrogens with zero attached hydrogens (tertiary/aromatic N) is 2. The molecule has 0 spiro atoms. The van der Waals surface area contributed by atoms with E-state index in [1.807, 2.05) is 0 Å². The Morgan fingerprint density at radius 1 is 0.356 bits per heavy atom. The Morgan fingerprint density at radius 3 is 1.71 bits per heavy atom. The van der Waals surface area contributed by atoms with Gasteiger partial charge in [-0.05, 0) is 71.3 Å². The highest BCUT2D eigenvalue weighted by molar-refractivity contribution is 9.10. The fraction of sp³-hybridized carbons (Fsp3) is 0. The Hall–Kier alpha value is -5.38. The molecule has 45 heavy (non-hydrogen) atoms. The van der Waals surface area contributed by atoms with Gasteiger partial charge in [-0.3, -0.25) is 0 Å². The van der Waals surface area contributed by atoms with Crippen molar-refractivity contribution in [1.29, 1.82) is 0 Å². The molecule has 0 fully saturated rings. The molecule has 9 rings (SSSR count). The van der Waals surface area contributed by atoms with Gasteiger partial charge < -0.3 is 9.13 Å². The summed E-state index contributed by atoms with van der Waals surface area (Å²) in [6.45, 7) is 0. The SMILES string of the molecule is Brc1ccccc1-c1ccccc1-n1c2ccccc2c2ccc(-c3ccc4c(c3)c3ccccc3n4-c3ccccc3)cc21. The fourth-order valence-corrected chi connectivity index (χ4v) is 7.49. The first-order valence-corrected chi connectivity index (χ1v) is 16.0. The van der Waals surface area contributed by atoms with Crippen LogP contribution in [0.5, 0.6) is 0 Å². The lowest BCUT2D eigenvalue weighted by Gasteiger charge is -2.15. The second-order valence-electron chi connectivity index (χ2n) is 11.5. The fourth-order valence-electron chi connectivity index (χ4n) is 6.99. The van der Waals surface area contributed by atoms with Gasteiger partial charge in [0.15, 0.2) is 0 Å². The van der Waals surface area contributed by atoms with Crippen LogP contribution in [0.15, 0.2) is 168 Å². The molecule has 7 aromatic carbocycles. The largest absolute Gasteiger partial charge is 0.309 e. The average Bonchev–Trinajstić information content (AvgIpc) is 3.61. The molecule has 0 N–H and O–H groups in total. The zero-order valence-corrected chi connectivity index (χ0v) is 25.9. The zero-order chi connectivity index (χ0) is 29.9. The number of hydrogen-bond acceptors (Lipinski definition) is 0. The Labute approximate surface area is 269 Å². The maximum Gasteiger partial charge on any atom is 0.0547 e. The molecular formula is C42H27BrN2. The molecular weight excluding hydrogens is 612 g/mol. The van der Waals surface area contributed by atoms with Gasteiger partial charge in [-0.2, -0.15) is 0 Å². The molecule has 0 aliphatic carbocycles. The highest BCUT2D eigenvalue weighted by Gasteiger charge is 2.18. The van der Waals surface area contributed by atoms with Crippen LogP contribution >= 0.6 is 15.9 Å². The van der Waals surface area contributed by atoms with Gasteiger partial charge in [0.25, 0.3) is 0 Å². The number of benzene rings is 7. The van der Waals surface area contributed by atoms with E-state index in [9.17, 15) is 0 Å². The van der Waals surface area contributed by atoms with Crippen molar-refractivity contribution in [2.75, 3.05) is 0 Å². The third-order valence-corrected chi connectivity index (χ3v) is 9.69. The highest BCUT2D eigenvalue weighted by Crippen LogP contribution is 2.40. The summed E-state index contributed by atoms with van der Waals surface area (Å²) in [5.74, 6) is 0. The summed E-state index contributed by atoms with van der Waals surface area (Å²) in [6.07, 6.45) is 0. The molecule has 3 heteroatoms. The van der Waals surface area contributed by atoms with Crippen molar-refractivity contribution in [3.8, 4) is 33.6 Å². The predicted octanol–water partition coefficient (Wildman–Crippen LogP) is 12.0. The summed E-state index contributed by atoms with van der Waals surface area (Å²) < 4.78 is 5.89. The number of para-hydroxylation sites is 4. The van der Waals surface area contributed by atoms with E-state index >= 15 is 0 Å². The van der Waals surface area contributed by atoms with Crippen LogP contribution in [0.3, 0.4) is 0 Å². The molecule has 9 aromatic rings. The molecule has 0 atom stereocenters. The molecule has 0 radical (unpaired) electrons. The number of fused-ring (bicyclic) bond motifs is 6. The van der Waals surface area contributed by atoms with Crippen LogP contribution < -0.4 is 0 Å². The van der Waals surface area contributed by atoms with E-state index in [0.717, 1.165) is 10.2 Å². The molecule has 2 aromatic heterocycles. The third kappa shape index (κ3) is 4.08. The molecule has 2 nitrogen and oxygen atoms in total. The van der Waals surface area contributed by atoms with Crippen LogP contribution in [-0.4, -0.2) is 9.13 Å². The summed E-state index contributed by atoms with van der Waals surface area (Å²) in [5.41, 5.74) is 11.9. The van der Waals surface area contributed by atoms with E-state index in [1.54, 1.807) is 0 Å². The van der Waals surface area contributed by atoms with E-state index in [0.29, 0.717) is 0 Å². The van der Waals surface area contributed by atoms with Crippen molar-refractivity contribution in [2.24, 2.45) is 0 Å². The summed E-state index contributed by atoms with van der Waals surface area (Å²) in [6, 6.07) is 59.1. The lowest BCUT2D eigenvalue weighted by Crippen LogP contribution is -1.97. The second kappa shape index (κ2) is 10.4. The van der Waals surface area contributed by atoms with E-state index in [1.165, 1.54) is 71.6 Å². The van der Waals surface area contributed by atoms with Crippen molar-refractivity contribution in [2.45, 2.75) is 0 Å². The van der Waals surface area contributed by atoms with E-state index < -0.39 is 0 Å². The Morgan fingerprint density at radius 2 is 0.911 bits per heavy atom. The topological polar surface area (TPSA) is 9.86 Å². The van der Waals surface area contributed by atoms with Gasteiger partial charge in [0.1, 0.15) is 0 Å². The quantitative estimate of drug-likeness (QED) is 0.181. The maximum absolute atomic E-state index is 3.81. The first-order valence-electron chi connectivity index (χ1n) is 15.2. The van der Waals surface area contributed by atoms with Crippen LogP contribution in [-0.2, 0) is 0 Å². The van der Waals surface area contributed by atoms with Gasteiger partial charge in [-0.15, -0.1) is 0 Å². The standard InChI is InChI=1S/C42H27BrN2/c43-37-18-8-4-14-31(37)32-15-5-10-20-39(32)45-40-21-11-6-16-33(40)35-24-22-29(27-42(35)45)28-23-25-41-36(26-28)34-17-7-9-19-38(34)44(41)30-12-2-1-3-13-30/h1-27H. The van der Waals surface area contributed by atoms with Crippen molar-refractivity contribution in [3.05, 3.63) is 168 Å². The van der Waals surface area contributed by atoms with Gasteiger partial charge in [0, 0.05) is 37.3 Å². The molecule has 0 amide bonds. The minimum absolute atomic E-state index is 1.09. The van der Waals surface area contributed by atoms with E-state index in [4.69, 9.17) is 0 Å². The smallest absolute Gasteiger partial charge is 0.0547 e. The molecule has 2 heterocycles. The van der Waals surface area contributed by atoms with Crippen LogP contribution in [0, 0.1) is 0 Å².